The first-order valence-electron chi connectivity index (χ1n) is 4.48. The van der Waals surface area contributed by atoms with E-state index in [1.54, 1.807) is 0 Å². The van der Waals surface area contributed by atoms with E-state index in [1.807, 2.05) is 0 Å². The highest BCUT2D eigenvalue weighted by molar-refractivity contribution is 7.86. The number of halogens is 1. The SMILES string of the molecule is COS(=O)(=O)C(F)c1ccc([N+](=O)[O-])c(C)c1. The molecule has 17 heavy (non-hydrogen) atoms. The number of rotatable bonds is 4. The summed E-state index contributed by atoms with van der Waals surface area (Å²) in [7, 11) is -3.49. The van der Waals surface area contributed by atoms with Crippen LogP contribution in [0.1, 0.15) is 16.6 Å². The monoisotopic (exact) mass is 263 g/mol. The molecule has 0 fully saturated rings. The topological polar surface area (TPSA) is 86.5 Å². The maximum absolute atomic E-state index is 13.5. The predicted octanol–water partition coefficient (Wildman–Crippen LogP) is 1.85. The highest BCUT2D eigenvalue weighted by Crippen LogP contribution is 2.28. The lowest BCUT2D eigenvalue weighted by Crippen LogP contribution is -2.10. The lowest BCUT2D eigenvalue weighted by atomic mass is 10.1. The zero-order valence-corrected chi connectivity index (χ0v) is 9.90. The number of hydrogen-bond acceptors (Lipinski definition) is 5. The first-order valence-corrected chi connectivity index (χ1v) is 5.95. The van der Waals surface area contributed by atoms with E-state index in [2.05, 4.69) is 4.18 Å². The molecule has 0 amide bonds. The average Bonchev–Trinajstić information content (AvgIpc) is 2.27. The normalized spacial score (nSPS) is 13.4. The molecule has 1 atom stereocenters. The van der Waals surface area contributed by atoms with Crippen molar-refractivity contribution in [3.05, 3.63) is 39.4 Å². The van der Waals surface area contributed by atoms with Crippen molar-refractivity contribution in [1.82, 2.24) is 0 Å². The minimum absolute atomic E-state index is 0.182. The number of hydrogen-bond donors (Lipinski definition) is 0. The second kappa shape index (κ2) is 4.76. The smallest absolute Gasteiger partial charge is 0.271 e. The van der Waals surface area contributed by atoms with Crippen LogP contribution in [-0.2, 0) is 14.3 Å². The van der Waals surface area contributed by atoms with Crippen molar-refractivity contribution >= 4 is 15.8 Å². The van der Waals surface area contributed by atoms with Gasteiger partial charge in [-0.05, 0) is 19.1 Å². The molecule has 1 unspecified atom stereocenters. The summed E-state index contributed by atoms with van der Waals surface area (Å²) >= 11 is 0. The van der Waals surface area contributed by atoms with E-state index in [0.29, 0.717) is 0 Å². The molecule has 1 aromatic rings. The summed E-state index contributed by atoms with van der Waals surface area (Å²) in [6.07, 6.45) is 0. The molecule has 8 heteroatoms. The Morgan fingerprint density at radius 3 is 2.47 bits per heavy atom. The van der Waals surface area contributed by atoms with E-state index < -0.39 is 20.5 Å². The van der Waals surface area contributed by atoms with E-state index in [-0.39, 0.29) is 16.8 Å². The highest BCUT2D eigenvalue weighted by Gasteiger charge is 2.27. The zero-order chi connectivity index (χ0) is 13.2. The maximum Gasteiger partial charge on any atom is 0.304 e. The van der Waals surface area contributed by atoms with Gasteiger partial charge in [0.1, 0.15) is 0 Å². The van der Waals surface area contributed by atoms with Gasteiger partial charge in [-0.3, -0.25) is 14.3 Å². The summed E-state index contributed by atoms with van der Waals surface area (Å²) in [5.74, 6) is 0. The van der Waals surface area contributed by atoms with Gasteiger partial charge in [0, 0.05) is 17.2 Å². The Kier molecular flexibility index (Phi) is 3.79. The zero-order valence-electron chi connectivity index (χ0n) is 9.08. The van der Waals surface area contributed by atoms with E-state index in [0.717, 1.165) is 25.3 Å². The van der Waals surface area contributed by atoms with E-state index >= 15 is 0 Å². The Labute approximate surface area is 97.3 Å². The molecule has 1 rings (SSSR count). The summed E-state index contributed by atoms with van der Waals surface area (Å²) in [4.78, 5) is 9.90. The van der Waals surface area contributed by atoms with Crippen LogP contribution in [0.2, 0.25) is 0 Å². The Balaban J connectivity index is 3.19. The molecule has 0 bridgehead atoms. The third kappa shape index (κ3) is 2.77. The second-order valence-electron chi connectivity index (χ2n) is 3.28. The van der Waals surface area contributed by atoms with Gasteiger partial charge >= 0.3 is 10.1 Å². The van der Waals surface area contributed by atoms with Gasteiger partial charge in [-0.25, -0.2) is 4.39 Å². The molecule has 0 spiro atoms. The van der Waals surface area contributed by atoms with Gasteiger partial charge in [-0.1, -0.05) is 0 Å². The van der Waals surface area contributed by atoms with Crippen LogP contribution < -0.4 is 0 Å². The van der Waals surface area contributed by atoms with Crippen molar-refractivity contribution in [2.24, 2.45) is 0 Å². The lowest BCUT2D eigenvalue weighted by Gasteiger charge is -2.08. The van der Waals surface area contributed by atoms with E-state index in [1.165, 1.54) is 6.92 Å². The van der Waals surface area contributed by atoms with Gasteiger partial charge in [0.2, 0.25) is 0 Å². The van der Waals surface area contributed by atoms with E-state index in [9.17, 15) is 22.9 Å². The Hall–Kier alpha value is -1.54. The number of nitro groups is 1. The number of alkyl halides is 1. The molecule has 0 saturated carbocycles. The average molecular weight is 263 g/mol. The fraction of sp³-hybridized carbons (Fsp3) is 0.333. The number of nitro benzene ring substituents is 1. The van der Waals surface area contributed by atoms with Crippen molar-refractivity contribution in [3.63, 3.8) is 0 Å². The second-order valence-corrected chi connectivity index (χ2v) is 5.01. The van der Waals surface area contributed by atoms with Crippen LogP contribution >= 0.6 is 0 Å². The molecule has 0 saturated heterocycles. The van der Waals surface area contributed by atoms with Crippen LogP contribution in [-0.4, -0.2) is 20.5 Å². The van der Waals surface area contributed by atoms with Crippen molar-refractivity contribution in [2.45, 2.75) is 12.4 Å². The van der Waals surface area contributed by atoms with Crippen LogP contribution in [0.5, 0.6) is 0 Å². The molecule has 0 aliphatic carbocycles. The van der Waals surface area contributed by atoms with Crippen molar-refractivity contribution in [2.75, 3.05) is 7.11 Å². The van der Waals surface area contributed by atoms with Crippen molar-refractivity contribution in [1.29, 1.82) is 0 Å². The maximum atomic E-state index is 13.5. The van der Waals surface area contributed by atoms with Gasteiger partial charge in [-0.2, -0.15) is 8.42 Å². The Morgan fingerprint density at radius 2 is 2.06 bits per heavy atom. The number of aryl methyl sites for hydroxylation is 1. The third-order valence-electron chi connectivity index (χ3n) is 2.17. The molecule has 6 nitrogen and oxygen atoms in total. The van der Waals surface area contributed by atoms with Crippen LogP contribution in [0.4, 0.5) is 10.1 Å². The molecular formula is C9H10FNO5S. The molecule has 0 aliphatic rings. The number of benzene rings is 1. The summed E-state index contributed by atoms with van der Waals surface area (Å²) in [6.45, 7) is 1.40. The molecule has 0 N–H and O–H groups in total. The summed E-state index contributed by atoms with van der Waals surface area (Å²) in [6, 6.07) is 3.22. The standard InChI is InChI=1S/C9H10FNO5S/c1-6-5-7(3-4-8(6)11(12)13)9(10)17(14,15)16-2/h3-5,9H,1-2H3. The molecule has 0 aliphatic heterocycles. The quantitative estimate of drug-likeness (QED) is 0.470. The first-order chi connectivity index (χ1) is 7.79. The molecule has 94 valence electrons. The molecule has 1 aromatic carbocycles. The molecular weight excluding hydrogens is 253 g/mol. The van der Waals surface area contributed by atoms with Gasteiger partial charge in [-0.15, -0.1) is 0 Å². The van der Waals surface area contributed by atoms with Crippen LogP contribution in [0.25, 0.3) is 0 Å². The number of nitrogens with zero attached hydrogens (tertiary/aromatic N) is 1. The Morgan fingerprint density at radius 1 is 1.47 bits per heavy atom. The first kappa shape index (κ1) is 13.5. The van der Waals surface area contributed by atoms with Crippen molar-refractivity contribution in [3.8, 4) is 0 Å². The van der Waals surface area contributed by atoms with Gasteiger partial charge in [0.15, 0.2) is 0 Å². The van der Waals surface area contributed by atoms with E-state index in [4.69, 9.17) is 0 Å². The van der Waals surface area contributed by atoms with Crippen LogP contribution in [0.3, 0.4) is 0 Å². The molecule has 0 aromatic heterocycles. The predicted molar refractivity (Wildman–Crippen MR) is 57.6 cm³/mol. The van der Waals surface area contributed by atoms with Crippen LogP contribution in [0, 0.1) is 17.0 Å². The summed E-state index contributed by atoms with van der Waals surface area (Å²) < 4.78 is 39.8. The van der Waals surface area contributed by atoms with Gasteiger partial charge in [0.25, 0.3) is 11.2 Å². The highest BCUT2D eigenvalue weighted by atomic mass is 32.2. The summed E-state index contributed by atoms with van der Waals surface area (Å²) in [5.41, 5.74) is -2.57. The Bertz CT molecular complexity index is 542. The largest absolute Gasteiger partial charge is 0.304 e. The molecule has 0 heterocycles. The van der Waals surface area contributed by atoms with Gasteiger partial charge in [0.05, 0.1) is 12.0 Å². The fourth-order valence-electron chi connectivity index (χ4n) is 1.28. The third-order valence-corrected chi connectivity index (χ3v) is 3.41. The minimum Gasteiger partial charge on any atom is -0.271 e. The van der Waals surface area contributed by atoms with Crippen molar-refractivity contribution < 1.29 is 21.9 Å². The lowest BCUT2D eigenvalue weighted by molar-refractivity contribution is -0.385. The fourth-order valence-corrected chi connectivity index (χ4v) is 1.92. The minimum atomic E-state index is -4.34. The summed E-state index contributed by atoms with van der Waals surface area (Å²) in [5, 5.41) is 10.5. The van der Waals surface area contributed by atoms with Gasteiger partial charge < -0.3 is 0 Å². The van der Waals surface area contributed by atoms with Crippen LogP contribution in [0.15, 0.2) is 18.2 Å². The molecule has 0 radical (unpaired) electrons.